The molecule has 0 saturated heterocycles. The summed E-state index contributed by atoms with van der Waals surface area (Å²) in [6, 6.07) is 13.1. The van der Waals surface area contributed by atoms with Gasteiger partial charge in [-0.2, -0.15) is 14.3 Å². The van der Waals surface area contributed by atoms with Gasteiger partial charge >= 0.3 is 5.91 Å². The van der Waals surface area contributed by atoms with E-state index in [1.807, 2.05) is 0 Å². The first-order valence-electron chi connectivity index (χ1n) is 10.7. The van der Waals surface area contributed by atoms with Crippen LogP contribution in [0.15, 0.2) is 63.4 Å². The van der Waals surface area contributed by atoms with Gasteiger partial charge in [0.2, 0.25) is 0 Å². The number of nitrogens with zero attached hydrogens (tertiary/aromatic N) is 2. The molecule has 0 spiro atoms. The van der Waals surface area contributed by atoms with Crippen molar-refractivity contribution >= 4 is 38.9 Å². The second kappa shape index (κ2) is 7.26. The van der Waals surface area contributed by atoms with Crippen molar-refractivity contribution in [3.8, 4) is 0 Å². The molecule has 2 aromatic rings. The molecule has 0 aromatic heterocycles. The predicted octanol–water partition coefficient (Wildman–Crippen LogP) is 3.47. The van der Waals surface area contributed by atoms with E-state index in [9.17, 15) is 18.3 Å². The second-order valence-corrected chi connectivity index (χ2v) is 10.4. The number of carbonyl (C=O) groups excluding carboxylic acids is 1. The van der Waals surface area contributed by atoms with E-state index < -0.39 is 20.5 Å². The Morgan fingerprint density at radius 1 is 1.12 bits per heavy atom. The van der Waals surface area contributed by atoms with Gasteiger partial charge in [0, 0.05) is 18.9 Å². The summed E-state index contributed by atoms with van der Waals surface area (Å²) < 4.78 is 29.0. The molecule has 2 aromatic carbocycles. The molecule has 3 atom stereocenters. The molecule has 1 amide bonds. The number of para-hydroxylation sites is 2. The second-order valence-electron chi connectivity index (χ2n) is 8.78. The van der Waals surface area contributed by atoms with Crippen LogP contribution in [0.25, 0.3) is 5.76 Å². The fourth-order valence-electron chi connectivity index (χ4n) is 5.10. The number of amidine groups is 1. The highest BCUT2D eigenvalue weighted by atomic mass is 32.2. The third kappa shape index (κ3) is 3.00. The van der Waals surface area contributed by atoms with Crippen LogP contribution >= 0.6 is 0 Å². The van der Waals surface area contributed by atoms with Gasteiger partial charge in [0.15, 0.2) is 17.1 Å². The Kier molecular flexibility index (Phi) is 4.74. The Hall–Kier alpha value is -3.01. The van der Waals surface area contributed by atoms with E-state index in [0.717, 1.165) is 25.7 Å². The smallest absolute Gasteiger partial charge is 0.377 e. The van der Waals surface area contributed by atoms with Crippen molar-refractivity contribution in [2.24, 2.45) is 16.2 Å². The highest BCUT2D eigenvalue weighted by molar-refractivity contribution is 7.90. The third-order valence-electron chi connectivity index (χ3n) is 6.70. The summed E-state index contributed by atoms with van der Waals surface area (Å²) in [5, 5.41) is 14.1. The molecule has 9 heteroatoms. The zero-order chi connectivity index (χ0) is 22.7. The van der Waals surface area contributed by atoms with E-state index in [1.54, 1.807) is 42.5 Å². The maximum absolute atomic E-state index is 14.0. The minimum Gasteiger partial charge on any atom is -0.506 e. The zero-order valence-corrected chi connectivity index (χ0v) is 18.5. The summed E-state index contributed by atoms with van der Waals surface area (Å²) in [4.78, 5) is 14.0. The summed E-state index contributed by atoms with van der Waals surface area (Å²) in [5.41, 5.74) is 1.01. The number of benzene rings is 2. The van der Waals surface area contributed by atoms with Crippen molar-refractivity contribution in [2.45, 2.75) is 43.5 Å². The monoisotopic (exact) mass is 453 g/mol. The van der Waals surface area contributed by atoms with Crippen LogP contribution in [0.5, 0.6) is 0 Å². The first-order chi connectivity index (χ1) is 15.2. The van der Waals surface area contributed by atoms with Crippen LogP contribution in [0.3, 0.4) is 0 Å². The molecule has 2 heterocycles. The molecule has 1 fully saturated rings. The summed E-state index contributed by atoms with van der Waals surface area (Å²) >= 11 is 0. The maximum Gasteiger partial charge on any atom is 0.377 e. The number of nitrogens with two attached hydrogens (primary N) is 1. The molecule has 0 bridgehead atoms. The highest BCUT2D eigenvalue weighted by Crippen LogP contribution is 2.43. The minimum absolute atomic E-state index is 0.0158. The van der Waals surface area contributed by atoms with Crippen LogP contribution in [-0.4, -0.2) is 31.3 Å². The SMILES string of the molecule is C[C@@H]1CCCC([N@+]2(N)C(=O)C(C3=NS(=O)(=O)c4ccccc4N3)=C(O)c3ccccc32)C1. The van der Waals surface area contributed by atoms with Crippen LogP contribution in [-0.2, 0) is 14.8 Å². The lowest BCUT2D eigenvalue weighted by Gasteiger charge is -2.43. The molecule has 1 saturated carbocycles. The lowest BCUT2D eigenvalue weighted by atomic mass is 9.83. The van der Waals surface area contributed by atoms with Crippen LogP contribution in [0.1, 0.15) is 38.2 Å². The standard InChI is InChI=1S/C23H24N4O4S/c1-14-7-6-8-15(13-14)27(24)18-11-4-2-9-16(18)21(28)20(23(27)29)22-25-17-10-3-5-12-19(17)32(30,31)26-22/h2-5,9-12,14-15H,6-8,13,24H2,1H3,(H-,25,26,28,29)/p+1/t14-,15?,27-/m1/s1. The molecule has 3 aliphatic rings. The van der Waals surface area contributed by atoms with Gasteiger partial charge in [-0.25, -0.2) is 4.79 Å². The Balaban J connectivity index is 1.70. The molecular weight excluding hydrogens is 428 g/mol. The van der Waals surface area contributed by atoms with Gasteiger partial charge in [0.05, 0.1) is 11.3 Å². The van der Waals surface area contributed by atoms with Gasteiger partial charge in [0.1, 0.15) is 16.7 Å². The number of quaternary nitrogens is 1. The van der Waals surface area contributed by atoms with Crippen LogP contribution in [0, 0.1) is 5.92 Å². The van der Waals surface area contributed by atoms with Crippen molar-refractivity contribution in [1.82, 2.24) is 4.59 Å². The van der Waals surface area contributed by atoms with Crippen molar-refractivity contribution in [2.75, 3.05) is 5.32 Å². The van der Waals surface area contributed by atoms with Gasteiger partial charge in [-0.3, -0.25) is 0 Å². The Labute approximate surface area is 186 Å². The topological polar surface area (TPSA) is 122 Å². The lowest BCUT2D eigenvalue weighted by molar-refractivity contribution is -0.129. The van der Waals surface area contributed by atoms with Gasteiger partial charge in [0.25, 0.3) is 10.0 Å². The van der Waals surface area contributed by atoms with Crippen LogP contribution < -0.4 is 15.8 Å². The normalized spacial score (nSPS) is 28.9. The van der Waals surface area contributed by atoms with E-state index in [-0.39, 0.29) is 28.1 Å². The minimum atomic E-state index is -4.06. The number of rotatable bonds is 2. The van der Waals surface area contributed by atoms with Crippen molar-refractivity contribution < 1.29 is 18.3 Å². The van der Waals surface area contributed by atoms with Crippen molar-refractivity contribution in [1.29, 1.82) is 0 Å². The summed E-state index contributed by atoms with van der Waals surface area (Å²) in [7, 11) is -4.06. The number of aliphatic hydroxyl groups is 1. The quantitative estimate of drug-likeness (QED) is 0.364. The maximum atomic E-state index is 14.0. The number of aliphatic hydroxyl groups excluding tert-OH is 1. The molecular formula is C23H25N4O4S+. The molecule has 1 unspecified atom stereocenters. The van der Waals surface area contributed by atoms with Crippen molar-refractivity contribution in [3.05, 3.63) is 59.7 Å². The average molecular weight is 454 g/mol. The number of sulfonamides is 1. The van der Waals surface area contributed by atoms with E-state index in [2.05, 4.69) is 16.6 Å². The first kappa shape index (κ1) is 20.9. The number of hydrogen-bond donors (Lipinski definition) is 3. The van der Waals surface area contributed by atoms with Gasteiger partial charge in [-0.05, 0) is 30.5 Å². The van der Waals surface area contributed by atoms with Crippen molar-refractivity contribution in [3.63, 3.8) is 0 Å². The summed E-state index contributed by atoms with van der Waals surface area (Å²) in [6.07, 6.45) is 3.54. The largest absolute Gasteiger partial charge is 0.506 e. The van der Waals surface area contributed by atoms with Gasteiger partial charge < -0.3 is 10.4 Å². The fraction of sp³-hybridized carbons (Fsp3) is 0.304. The summed E-state index contributed by atoms with van der Waals surface area (Å²) in [5.74, 6) is 6.19. The van der Waals surface area contributed by atoms with E-state index in [1.165, 1.54) is 6.07 Å². The average Bonchev–Trinajstić information content (AvgIpc) is 2.77. The molecule has 1 aliphatic carbocycles. The molecule has 8 nitrogen and oxygen atoms in total. The Morgan fingerprint density at radius 3 is 2.62 bits per heavy atom. The Morgan fingerprint density at radius 2 is 1.84 bits per heavy atom. The molecule has 32 heavy (non-hydrogen) atoms. The Bertz CT molecular complexity index is 1300. The van der Waals surface area contributed by atoms with Crippen LogP contribution in [0.4, 0.5) is 11.4 Å². The number of carbonyl (C=O) groups is 1. The molecule has 166 valence electrons. The predicted molar refractivity (Wildman–Crippen MR) is 123 cm³/mol. The molecule has 2 aliphatic heterocycles. The number of amides is 1. The number of hydrogen-bond acceptors (Lipinski definition) is 6. The fourth-order valence-corrected chi connectivity index (χ4v) is 6.22. The third-order valence-corrected chi connectivity index (χ3v) is 8.03. The molecule has 5 rings (SSSR count). The molecule has 0 radical (unpaired) electrons. The highest BCUT2D eigenvalue weighted by Gasteiger charge is 2.54. The van der Waals surface area contributed by atoms with Gasteiger partial charge in [-0.1, -0.05) is 37.6 Å². The zero-order valence-electron chi connectivity index (χ0n) is 17.7. The first-order valence-corrected chi connectivity index (χ1v) is 12.1. The van der Waals surface area contributed by atoms with E-state index in [0.29, 0.717) is 22.9 Å². The lowest BCUT2D eigenvalue weighted by Crippen LogP contribution is -2.69. The van der Waals surface area contributed by atoms with Gasteiger partial charge in [-0.15, -0.1) is 8.99 Å². The number of nitrogens with one attached hydrogen (secondary N) is 1. The summed E-state index contributed by atoms with van der Waals surface area (Å²) in [6.45, 7) is 2.14. The van der Waals surface area contributed by atoms with Crippen LogP contribution in [0.2, 0.25) is 0 Å². The molecule has 4 N–H and O–H groups in total. The van der Waals surface area contributed by atoms with E-state index in [4.69, 9.17) is 5.84 Å². The number of fused-ring (bicyclic) bond motifs is 2. The van der Waals surface area contributed by atoms with E-state index >= 15 is 0 Å². The number of anilines is 1.